The molecule has 0 bridgehead atoms. The van der Waals surface area contributed by atoms with E-state index < -0.39 is 0 Å². The van der Waals surface area contributed by atoms with Crippen LogP contribution in [0.4, 0.5) is 5.69 Å². The summed E-state index contributed by atoms with van der Waals surface area (Å²) < 4.78 is 7.36. The SMILES string of the molecule is COc1ccccc1-c1ncc2cc(N)ccn12. The maximum Gasteiger partial charge on any atom is 0.148 e. The number of rotatable bonds is 2. The van der Waals surface area contributed by atoms with Crippen molar-refractivity contribution in [1.82, 2.24) is 9.38 Å². The lowest BCUT2D eigenvalue weighted by atomic mass is 10.2. The number of aromatic nitrogens is 2. The summed E-state index contributed by atoms with van der Waals surface area (Å²) in [7, 11) is 1.66. The standard InChI is InChI=1S/C14H13N3O/c1-18-13-5-3-2-4-12(13)14-16-9-11-8-10(15)6-7-17(11)14/h2-9H,15H2,1H3. The molecule has 0 saturated heterocycles. The molecule has 0 atom stereocenters. The van der Waals surface area contributed by atoms with Gasteiger partial charge < -0.3 is 10.5 Å². The smallest absolute Gasteiger partial charge is 0.148 e. The fraction of sp³-hybridized carbons (Fsp3) is 0.0714. The number of hydrogen-bond donors (Lipinski definition) is 1. The van der Waals surface area contributed by atoms with E-state index in [0.717, 1.165) is 28.3 Å². The normalized spacial score (nSPS) is 10.7. The van der Waals surface area contributed by atoms with Crippen LogP contribution >= 0.6 is 0 Å². The number of nitrogen functional groups attached to an aromatic ring is 1. The molecular weight excluding hydrogens is 226 g/mol. The van der Waals surface area contributed by atoms with Crippen molar-refractivity contribution in [2.45, 2.75) is 0 Å². The van der Waals surface area contributed by atoms with Crippen LogP contribution in [0.2, 0.25) is 0 Å². The van der Waals surface area contributed by atoms with Gasteiger partial charge in [-0.25, -0.2) is 4.98 Å². The van der Waals surface area contributed by atoms with E-state index in [4.69, 9.17) is 10.5 Å². The van der Waals surface area contributed by atoms with Gasteiger partial charge in [0.2, 0.25) is 0 Å². The molecule has 4 heteroatoms. The highest BCUT2D eigenvalue weighted by atomic mass is 16.5. The van der Waals surface area contributed by atoms with Gasteiger partial charge in [-0.1, -0.05) is 12.1 Å². The lowest BCUT2D eigenvalue weighted by Crippen LogP contribution is -1.94. The first-order valence-corrected chi connectivity index (χ1v) is 5.65. The van der Waals surface area contributed by atoms with Gasteiger partial charge in [0.1, 0.15) is 11.6 Å². The minimum absolute atomic E-state index is 0.731. The van der Waals surface area contributed by atoms with E-state index in [0.29, 0.717) is 0 Å². The molecule has 90 valence electrons. The van der Waals surface area contributed by atoms with E-state index in [-0.39, 0.29) is 0 Å². The lowest BCUT2D eigenvalue weighted by molar-refractivity contribution is 0.416. The molecule has 18 heavy (non-hydrogen) atoms. The Morgan fingerprint density at radius 3 is 2.89 bits per heavy atom. The average molecular weight is 239 g/mol. The summed E-state index contributed by atoms with van der Waals surface area (Å²) in [6.45, 7) is 0. The second kappa shape index (κ2) is 4.07. The number of nitrogens with two attached hydrogens (primary N) is 1. The highest BCUT2D eigenvalue weighted by Crippen LogP contribution is 2.29. The van der Waals surface area contributed by atoms with Gasteiger partial charge in [-0.3, -0.25) is 4.40 Å². The molecule has 3 aromatic rings. The minimum atomic E-state index is 0.731. The fourth-order valence-corrected chi connectivity index (χ4v) is 2.05. The molecule has 0 saturated carbocycles. The molecule has 0 spiro atoms. The Morgan fingerprint density at radius 1 is 1.22 bits per heavy atom. The molecule has 2 aromatic heterocycles. The molecule has 2 N–H and O–H groups in total. The largest absolute Gasteiger partial charge is 0.496 e. The Morgan fingerprint density at radius 2 is 2.06 bits per heavy atom. The van der Waals surface area contributed by atoms with Gasteiger partial charge in [0.25, 0.3) is 0 Å². The zero-order chi connectivity index (χ0) is 12.5. The molecule has 2 heterocycles. The first kappa shape index (κ1) is 10.7. The van der Waals surface area contributed by atoms with Crippen molar-refractivity contribution in [1.29, 1.82) is 0 Å². The van der Waals surface area contributed by atoms with Crippen LogP contribution in [-0.4, -0.2) is 16.5 Å². The molecule has 0 unspecified atom stereocenters. The van der Waals surface area contributed by atoms with Crippen molar-refractivity contribution in [2.24, 2.45) is 0 Å². The topological polar surface area (TPSA) is 52.5 Å². The Balaban J connectivity index is 2.26. The number of nitrogens with zero attached hydrogens (tertiary/aromatic N) is 2. The predicted molar refractivity (Wildman–Crippen MR) is 71.6 cm³/mol. The number of imidazole rings is 1. The van der Waals surface area contributed by atoms with Crippen LogP contribution in [0.1, 0.15) is 0 Å². The maximum atomic E-state index is 5.76. The summed E-state index contributed by atoms with van der Waals surface area (Å²) in [5.74, 6) is 1.66. The number of para-hydroxylation sites is 1. The molecule has 0 aliphatic heterocycles. The van der Waals surface area contributed by atoms with E-state index >= 15 is 0 Å². The van der Waals surface area contributed by atoms with Crippen LogP contribution in [0.15, 0.2) is 48.8 Å². The van der Waals surface area contributed by atoms with E-state index in [1.54, 1.807) is 13.3 Å². The van der Waals surface area contributed by atoms with Gasteiger partial charge in [-0.2, -0.15) is 0 Å². The summed E-state index contributed by atoms with van der Waals surface area (Å²) in [5, 5.41) is 0. The molecule has 3 rings (SSSR count). The van der Waals surface area contributed by atoms with Gasteiger partial charge in [0, 0.05) is 11.9 Å². The number of methoxy groups -OCH3 is 1. The Kier molecular flexibility index (Phi) is 2.41. The second-order valence-corrected chi connectivity index (χ2v) is 4.04. The number of fused-ring (bicyclic) bond motifs is 1. The molecule has 0 aliphatic carbocycles. The predicted octanol–water partition coefficient (Wildman–Crippen LogP) is 2.59. The van der Waals surface area contributed by atoms with Crippen LogP contribution in [-0.2, 0) is 0 Å². The molecule has 4 nitrogen and oxygen atoms in total. The van der Waals surface area contributed by atoms with Crippen molar-refractivity contribution >= 4 is 11.2 Å². The van der Waals surface area contributed by atoms with E-state index in [1.165, 1.54) is 0 Å². The Labute approximate surface area is 105 Å². The van der Waals surface area contributed by atoms with Crippen molar-refractivity contribution in [3.63, 3.8) is 0 Å². The van der Waals surface area contributed by atoms with E-state index in [9.17, 15) is 0 Å². The quantitative estimate of drug-likeness (QED) is 0.747. The molecule has 0 amide bonds. The molecule has 0 fully saturated rings. The zero-order valence-corrected chi connectivity index (χ0v) is 10.00. The highest BCUT2D eigenvalue weighted by Gasteiger charge is 2.10. The average Bonchev–Trinajstić information content (AvgIpc) is 2.81. The van der Waals surface area contributed by atoms with Crippen LogP contribution in [0, 0.1) is 0 Å². The van der Waals surface area contributed by atoms with Crippen LogP contribution in [0.3, 0.4) is 0 Å². The fourth-order valence-electron chi connectivity index (χ4n) is 2.05. The van der Waals surface area contributed by atoms with Gasteiger partial charge >= 0.3 is 0 Å². The van der Waals surface area contributed by atoms with Gasteiger partial charge in [-0.15, -0.1) is 0 Å². The summed E-state index contributed by atoms with van der Waals surface area (Å²) >= 11 is 0. The Hall–Kier alpha value is -2.49. The van der Waals surface area contributed by atoms with Crippen molar-refractivity contribution in [3.05, 3.63) is 48.8 Å². The van der Waals surface area contributed by atoms with Crippen LogP contribution < -0.4 is 10.5 Å². The summed E-state index contributed by atoms with van der Waals surface area (Å²) in [6, 6.07) is 11.6. The van der Waals surface area contributed by atoms with E-state index in [1.807, 2.05) is 47.0 Å². The molecule has 1 aromatic carbocycles. The molecule has 0 aliphatic rings. The number of hydrogen-bond acceptors (Lipinski definition) is 3. The second-order valence-electron chi connectivity index (χ2n) is 4.04. The van der Waals surface area contributed by atoms with Crippen molar-refractivity contribution < 1.29 is 4.74 Å². The first-order valence-electron chi connectivity index (χ1n) is 5.65. The number of pyridine rings is 1. The third kappa shape index (κ3) is 1.59. The number of anilines is 1. The van der Waals surface area contributed by atoms with E-state index in [2.05, 4.69) is 4.98 Å². The van der Waals surface area contributed by atoms with Crippen LogP contribution in [0.25, 0.3) is 16.9 Å². The van der Waals surface area contributed by atoms with Gasteiger partial charge in [-0.05, 0) is 24.3 Å². The summed E-state index contributed by atoms with van der Waals surface area (Å²) in [4.78, 5) is 4.44. The maximum absolute atomic E-state index is 5.76. The number of benzene rings is 1. The van der Waals surface area contributed by atoms with Gasteiger partial charge in [0.05, 0.1) is 24.4 Å². The minimum Gasteiger partial charge on any atom is -0.496 e. The van der Waals surface area contributed by atoms with Crippen molar-refractivity contribution in [3.8, 4) is 17.1 Å². The molecular formula is C14H13N3O. The summed E-state index contributed by atoms with van der Waals surface area (Å²) in [6.07, 6.45) is 3.72. The zero-order valence-electron chi connectivity index (χ0n) is 10.00. The molecule has 0 radical (unpaired) electrons. The summed E-state index contributed by atoms with van der Waals surface area (Å²) in [5.41, 5.74) is 8.42. The highest BCUT2D eigenvalue weighted by molar-refractivity contribution is 5.69. The number of ether oxygens (including phenoxy) is 1. The van der Waals surface area contributed by atoms with Crippen LogP contribution in [0.5, 0.6) is 5.75 Å². The third-order valence-electron chi connectivity index (χ3n) is 2.90. The Bertz CT molecular complexity index is 703. The first-order chi connectivity index (χ1) is 8.79. The van der Waals surface area contributed by atoms with Crippen molar-refractivity contribution in [2.75, 3.05) is 12.8 Å². The monoisotopic (exact) mass is 239 g/mol. The lowest BCUT2D eigenvalue weighted by Gasteiger charge is -2.07. The third-order valence-corrected chi connectivity index (χ3v) is 2.90. The van der Waals surface area contributed by atoms with Gasteiger partial charge in [0.15, 0.2) is 0 Å².